The van der Waals surface area contributed by atoms with Gasteiger partial charge < -0.3 is 14.4 Å². The molecule has 0 fully saturated rings. The second kappa shape index (κ2) is 8.81. The van der Waals surface area contributed by atoms with Gasteiger partial charge in [-0.1, -0.05) is 0 Å². The predicted octanol–water partition coefficient (Wildman–Crippen LogP) is 0.180. The van der Waals surface area contributed by atoms with Crippen LogP contribution in [0.2, 0.25) is 0 Å². The summed E-state index contributed by atoms with van der Waals surface area (Å²) in [5, 5.41) is 0. The average Bonchev–Trinajstić information content (AvgIpc) is 2.33. The molecule has 0 spiro atoms. The van der Waals surface area contributed by atoms with E-state index in [2.05, 4.69) is 9.47 Å². The number of carbonyl (C=O) groups is 3. The average molecular weight is 266 g/mol. The Kier molecular flexibility index (Phi) is 8.13. The lowest BCUT2D eigenvalue weighted by molar-refractivity contribution is -0.148. The molecule has 0 unspecified atom stereocenters. The van der Waals surface area contributed by atoms with Crippen LogP contribution in [0.3, 0.4) is 0 Å². The maximum atomic E-state index is 11.6. The van der Waals surface area contributed by atoms with Gasteiger partial charge in [0, 0.05) is 18.8 Å². The summed E-state index contributed by atoms with van der Waals surface area (Å²) in [6.45, 7) is -0.0826. The molecule has 0 aliphatic heterocycles. The molecule has 17 heavy (non-hydrogen) atoms. The SMILES string of the molecule is COC(=O)CCN(CC(=O)OC)C(=O)CCCl. The van der Waals surface area contributed by atoms with Crippen molar-refractivity contribution in [3.8, 4) is 0 Å². The molecule has 0 atom stereocenters. The third-order valence-electron chi connectivity index (χ3n) is 2.02. The fourth-order valence-electron chi connectivity index (χ4n) is 1.08. The first kappa shape index (κ1) is 15.7. The molecule has 0 aromatic heterocycles. The molecule has 0 aliphatic carbocycles. The number of esters is 2. The second-order valence-corrected chi connectivity index (χ2v) is 3.53. The van der Waals surface area contributed by atoms with Crippen molar-refractivity contribution in [3.63, 3.8) is 0 Å². The first-order valence-corrected chi connectivity index (χ1v) is 5.56. The first-order chi connectivity index (χ1) is 8.04. The summed E-state index contributed by atoms with van der Waals surface area (Å²) in [5.41, 5.74) is 0. The monoisotopic (exact) mass is 265 g/mol. The van der Waals surface area contributed by atoms with E-state index in [1.807, 2.05) is 0 Å². The normalized spacial score (nSPS) is 9.59. The number of nitrogens with zero attached hydrogens (tertiary/aromatic N) is 1. The Morgan fingerprint density at radius 3 is 2.12 bits per heavy atom. The number of ether oxygens (including phenoxy) is 2. The van der Waals surface area contributed by atoms with E-state index >= 15 is 0 Å². The Bertz CT molecular complexity index is 282. The number of carbonyl (C=O) groups excluding carboxylic acids is 3. The van der Waals surface area contributed by atoms with Gasteiger partial charge in [0.25, 0.3) is 0 Å². The Balaban J connectivity index is 4.34. The fraction of sp³-hybridized carbons (Fsp3) is 0.700. The smallest absolute Gasteiger partial charge is 0.325 e. The van der Waals surface area contributed by atoms with Crippen molar-refractivity contribution in [1.29, 1.82) is 0 Å². The molecule has 0 rings (SSSR count). The van der Waals surface area contributed by atoms with E-state index < -0.39 is 11.9 Å². The molecule has 1 amide bonds. The number of hydrogen-bond acceptors (Lipinski definition) is 5. The van der Waals surface area contributed by atoms with E-state index in [4.69, 9.17) is 11.6 Å². The Morgan fingerprint density at radius 2 is 1.65 bits per heavy atom. The van der Waals surface area contributed by atoms with Gasteiger partial charge >= 0.3 is 11.9 Å². The maximum absolute atomic E-state index is 11.6. The molecular weight excluding hydrogens is 250 g/mol. The standard InChI is InChI=1S/C10H16ClNO5/c1-16-9(14)4-6-12(7-10(15)17-2)8(13)3-5-11/h3-7H2,1-2H3. The molecule has 0 aromatic carbocycles. The first-order valence-electron chi connectivity index (χ1n) is 5.02. The Morgan fingerprint density at radius 1 is 1.06 bits per heavy atom. The molecule has 7 heteroatoms. The molecule has 0 bridgehead atoms. The van der Waals surface area contributed by atoms with Gasteiger partial charge in [-0.2, -0.15) is 0 Å². The minimum absolute atomic E-state index is 0.0293. The zero-order valence-corrected chi connectivity index (χ0v) is 10.7. The molecule has 0 radical (unpaired) electrons. The van der Waals surface area contributed by atoms with Crippen molar-refractivity contribution in [2.24, 2.45) is 0 Å². The molecule has 98 valence electrons. The summed E-state index contributed by atoms with van der Waals surface area (Å²) >= 11 is 5.45. The number of amides is 1. The van der Waals surface area contributed by atoms with Gasteiger partial charge in [0.15, 0.2) is 0 Å². The minimum atomic E-state index is -0.544. The van der Waals surface area contributed by atoms with Crippen molar-refractivity contribution >= 4 is 29.4 Å². The van der Waals surface area contributed by atoms with Gasteiger partial charge in [-0.25, -0.2) is 0 Å². The van der Waals surface area contributed by atoms with E-state index in [1.54, 1.807) is 0 Å². The van der Waals surface area contributed by atoms with Gasteiger partial charge in [0.2, 0.25) is 5.91 Å². The van der Waals surface area contributed by atoms with Crippen LogP contribution < -0.4 is 0 Å². The molecule has 0 aromatic rings. The number of halogens is 1. The zero-order chi connectivity index (χ0) is 13.3. The third kappa shape index (κ3) is 6.78. The van der Waals surface area contributed by atoms with Crippen LogP contribution >= 0.6 is 11.6 Å². The summed E-state index contributed by atoms with van der Waals surface area (Å²) in [6.07, 6.45) is 0.140. The highest BCUT2D eigenvalue weighted by molar-refractivity contribution is 6.18. The highest BCUT2D eigenvalue weighted by Crippen LogP contribution is 2.00. The van der Waals surface area contributed by atoms with E-state index in [0.29, 0.717) is 0 Å². The van der Waals surface area contributed by atoms with Crippen molar-refractivity contribution in [1.82, 2.24) is 4.90 Å². The molecular formula is C10H16ClNO5. The van der Waals surface area contributed by atoms with Crippen LogP contribution in [0.25, 0.3) is 0 Å². The van der Waals surface area contributed by atoms with Crippen LogP contribution in [0, 0.1) is 0 Å². The van der Waals surface area contributed by atoms with Crippen molar-refractivity contribution in [2.75, 3.05) is 33.2 Å². The van der Waals surface area contributed by atoms with Crippen LogP contribution in [-0.2, 0) is 23.9 Å². The fourth-order valence-corrected chi connectivity index (χ4v) is 1.24. The molecule has 0 saturated heterocycles. The highest BCUT2D eigenvalue weighted by atomic mass is 35.5. The summed E-state index contributed by atoms with van der Waals surface area (Å²) in [7, 11) is 2.49. The topological polar surface area (TPSA) is 72.9 Å². The predicted molar refractivity (Wildman–Crippen MR) is 60.6 cm³/mol. The van der Waals surface area contributed by atoms with Gasteiger partial charge in [0.1, 0.15) is 6.54 Å². The van der Waals surface area contributed by atoms with Crippen molar-refractivity contribution in [3.05, 3.63) is 0 Å². The van der Waals surface area contributed by atoms with Gasteiger partial charge in [-0.3, -0.25) is 14.4 Å². The van der Waals surface area contributed by atoms with Crippen LogP contribution in [-0.4, -0.2) is 55.9 Å². The highest BCUT2D eigenvalue weighted by Gasteiger charge is 2.18. The van der Waals surface area contributed by atoms with Crippen LogP contribution in [0.5, 0.6) is 0 Å². The lowest BCUT2D eigenvalue weighted by atomic mass is 10.3. The molecule has 0 aliphatic rings. The van der Waals surface area contributed by atoms with Crippen LogP contribution in [0.4, 0.5) is 0 Å². The van der Waals surface area contributed by atoms with E-state index in [-0.39, 0.29) is 37.7 Å². The summed E-state index contributed by atoms with van der Waals surface area (Å²) in [4.78, 5) is 34.8. The number of alkyl halides is 1. The van der Waals surface area contributed by atoms with Gasteiger partial charge in [-0.15, -0.1) is 11.6 Å². The second-order valence-electron chi connectivity index (χ2n) is 3.16. The minimum Gasteiger partial charge on any atom is -0.469 e. The van der Waals surface area contributed by atoms with Gasteiger partial charge in [0.05, 0.1) is 20.6 Å². The zero-order valence-electron chi connectivity index (χ0n) is 9.90. The van der Waals surface area contributed by atoms with E-state index in [0.717, 1.165) is 0 Å². The third-order valence-corrected chi connectivity index (χ3v) is 2.21. The lowest BCUT2D eigenvalue weighted by Gasteiger charge is -2.20. The number of methoxy groups -OCH3 is 2. The maximum Gasteiger partial charge on any atom is 0.325 e. The largest absolute Gasteiger partial charge is 0.469 e. The molecule has 0 N–H and O–H groups in total. The van der Waals surface area contributed by atoms with E-state index in [1.165, 1.54) is 19.1 Å². The van der Waals surface area contributed by atoms with Crippen molar-refractivity contribution in [2.45, 2.75) is 12.8 Å². The number of rotatable bonds is 7. The van der Waals surface area contributed by atoms with E-state index in [9.17, 15) is 14.4 Å². The summed E-state index contributed by atoms with van der Waals surface area (Å²) < 4.78 is 8.91. The summed E-state index contributed by atoms with van der Waals surface area (Å²) in [6, 6.07) is 0. The molecule has 0 heterocycles. The number of hydrogen-bond donors (Lipinski definition) is 0. The Labute approximate surface area is 105 Å². The Hall–Kier alpha value is -1.30. The molecule has 6 nitrogen and oxygen atoms in total. The van der Waals surface area contributed by atoms with Crippen molar-refractivity contribution < 1.29 is 23.9 Å². The lowest BCUT2D eigenvalue weighted by Crippen LogP contribution is -2.37. The van der Waals surface area contributed by atoms with Crippen LogP contribution in [0.15, 0.2) is 0 Å². The van der Waals surface area contributed by atoms with Gasteiger partial charge in [-0.05, 0) is 0 Å². The molecule has 0 saturated carbocycles. The summed E-state index contributed by atoms with van der Waals surface area (Å²) in [5.74, 6) is -1.13. The van der Waals surface area contributed by atoms with Crippen LogP contribution in [0.1, 0.15) is 12.8 Å². The quantitative estimate of drug-likeness (QED) is 0.485.